The Morgan fingerprint density at radius 3 is 2.68 bits per heavy atom. The van der Waals surface area contributed by atoms with E-state index in [0.717, 1.165) is 35.8 Å². The Bertz CT molecular complexity index is 1230. The Labute approximate surface area is 193 Å². The van der Waals surface area contributed by atoms with Gasteiger partial charge in [0.2, 0.25) is 0 Å². The van der Waals surface area contributed by atoms with Crippen LogP contribution in [0.15, 0.2) is 54.2 Å². The molecule has 0 radical (unpaired) electrons. The summed E-state index contributed by atoms with van der Waals surface area (Å²) >= 11 is 13.9. The van der Waals surface area contributed by atoms with Crippen molar-refractivity contribution in [3.8, 4) is 10.6 Å². The van der Waals surface area contributed by atoms with Crippen molar-refractivity contribution in [3.05, 3.63) is 75.3 Å². The number of aromatic nitrogens is 3. The smallest absolute Gasteiger partial charge is 0.259 e. The SMILES string of the molecule is O=C(c1cnn2c(-c3cccs3)ccnc12)N1CCN(Cc2ccc(Cl)cc2Cl)CC1. The van der Waals surface area contributed by atoms with Gasteiger partial charge in [0.25, 0.3) is 5.91 Å². The van der Waals surface area contributed by atoms with E-state index in [0.29, 0.717) is 34.3 Å². The lowest BCUT2D eigenvalue weighted by Crippen LogP contribution is -2.48. The van der Waals surface area contributed by atoms with Crippen LogP contribution < -0.4 is 0 Å². The van der Waals surface area contributed by atoms with Gasteiger partial charge in [-0.3, -0.25) is 9.69 Å². The number of rotatable bonds is 4. The monoisotopic (exact) mass is 471 g/mol. The summed E-state index contributed by atoms with van der Waals surface area (Å²) < 4.78 is 1.75. The Morgan fingerprint density at radius 2 is 1.94 bits per heavy atom. The zero-order valence-electron chi connectivity index (χ0n) is 16.5. The largest absolute Gasteiger partial charge is 0.336 e. The molecule has 0 spiro atoms. The van der Waals surface area contributed by atoms with Gasteiger partial charge in [0.15, 0.2) is 5.65 Å². The van der Waals surface area contributed by atoms with E-state index in [1.165, 1.54) is 0 Å². The lowest BCUT2D eigenvalue weighted by Gasteiger charge is -2.34. The van der Waals surface area contributed by atoms with E-state index in [1.807, 2.05) is 40.6 Å². The Kier molecular flexibility index (Phi) is 5.67. The number of nitrogens with zero attached hydrogens (tertiary/aromatic N) is 5. The van der Waals surface area contributed by atoms with Crippen molar-refractivity contribution >= 4 is 46.1 Å². The number of carbonyl (C=O) groups excluding carboxylic acids is 1. The van der Waals surface area contributed by atoms with E-state index in [-0.39, 0.29) is 5.91 Å². The molecule has 1 aliphatic rings. The van der Waals surface area contributed by atoms with Crippen LogP contribution in [0.2, 0.25) is 10.0 Å². The number of fused-ring (bicyclic) bond motifs is 1. The van der Waals surface area contributed by atoms with Gasteiger partial charge in [-0.25, -0.2) is 9.50 Å². The molecule has 158 valence electrons. The maximum Gasteiger partial charge on any atom is 0.259 e. The third-order valence-electron chi connectivity index (χ3n) is 5.47. The molecule has 0 unspecified atom stereocenters. The molecule has 0 saturated carbocycles. The van der Waals surface area contributed by atoms with Gasteiger partial charge in [0.05, 0.1) is 16.8 Å². The van der Waals surface area contributed by atoms with Crippen LogP contribution in [0.5, 0.6) is 0 Å². The van der Waals surface area contributed by atoms with Gasteiger partial charge in [-0.2, -0.15) is 5.10 Å². The fourth-order valence-corrected chi connectivity index (χ4v) is 5.03. The van der Waals surface area contributed by atoms with Crippen LogP contribution in [-0.4, -0.2) is 56.5 Å². The predicted molar refractivity (Wildman–Crippen MR) is 124 cm³/mol. The summed E-state index contributed by atoms with van der Waals surface area (Å²) in [5.74, 6) is -0.0324. The van der Waals surface area contributed by atoms with E-state index in [2.05, 4.69) is 15.0 Å². The fraction of sp³-hybridized carbons (Fsp3) is 0.227. The summed E-state index contributed by atoms with van der Waals surface area (Å²) in [6.07, 6.45) is 3.36. The third kappa shape index (κ3) is 4.06. The number of hydrogen-bond donors (Lipinski definition) is 0. The molecular formula is C22H19Cl2N5OS. The van der Waals surface area contributed by atoms with Crippen LogP contribution in [0.3, 0.4) is 0 Å². The molecule has 4 heterocycles. The average Bonchev–Trinajstić information content (AvgIpc) is 3.46. The standard InChI is InChI=1S/C22H19Cl2N5OS/c23-16-4-3-15(18(24)12-16)14-27-7-9-28(10-8-27)22(30)17-13-26-29-19(5-6-25-21(17)29)20-2-1-11-31-20/h1-6,11-13H,7-10,14H2. The molecule has 9 heteroatoms. The number of carbonyl (C=O) groups is 1. The van der Waals surface area contributed by atoms with Crippen molar-refractivity contribution in [2.45, 2.75) is 6.54 Å². The van der Waals surface area contributed by atoms with Gasteiger partial charge in [-0.15, -0.1) is 11.3 Å². The zero-order chi connectivity index (χ0) is 21.4. The predicted octanol–water partition coefficient (Wildman–Crippen LogP) is 4.72. The Balaban J connectivity index is 1.30. The summed E-state index contributed by atoms with van der Waals surface area (Å²) in [5.41, 5.74) is 3.10. The maximum atomic E-state index is 13.2. The second-order valence-corrected chi connectivity index (χ2v) is 9.20. The van der Waals surface area contributed by atoms with E-state index in [9.17, 15) is 4.79 Å². The molecule has 1 saturated heterocycles. The first-order valence-corrected chi connectivity index (χ1v) is 11.6. The number of amides is 1. The molecule has 1 aliphatic heterocycles. The zero-order valence-corrected chi connectivity index (χ0v) is 18.9. The molecular weight excluding hydrogens is 453 g/mol. The molecule has 4 aromatic rings. The van der Waals surface area contributed by atoms with Crippen LogP contribution in [-0.2, 0) is 6.54 Å². The van der Waals surface area contributed by atoms with Crippen LogP contribution in [0.4, 0.5) is 0 Å². The van der Waals surface area contributed by atoms with E-state index < -0.39 is 0 Å². The number of hydrogen-bond acceptors (Lipinski definition) is 5. The van der Waals surface area contributed by atoms with Crippen molar-refractivity contribution in [1.29, 1.82) is 0 Å². The van der Waals surface area contributed by atoms with Crippen molar-refractivity contribution in [3.63, 3.8) is 0 Å². The van der Waals surface area contributed by atoms with Gasteiger partial charge >= 0.3 is 0 Å². The average molecular weight is 472 g/mol. The minimum atomic E-state index is -0.0324. The van der Waals surface area contributed by atoms with Crippen LogP contribution >= 0.6 is 34.5 Å². The Hall–Kier alpha value is -2.45. The van der Waals surface area contributed by atoms with Crippen LogP contribution in [0.1, 0.15) is 15.9 Å². The highest BCUT2D eigenvalue weighted by Gasteiger charge is 2.26. The summed E-state index contributed by atoms with van der Waals surface area (Å²) in [6, 6.07) is 11.5. The second kappa shape index (κ2) is 8.59. The minimum Gasteiger partial charge on any atom is -0.336 e. The quantitative estimate of drug-likeness (QED) is 0.431. The summed E-state index contributed by atoms with van der Waals surface area (Å²) in [4.78, 5) is 22.9. The summed E-state index contributed by atoms with van der Waals surface area (Å²) in [5, 5.41) is 7.78. The molecule has 1 aromatic carbocycles. The van der Waals surface area contributed by atoms with Crippen molar-refractivity contribution in [2.75, 3.05) is 26.2 Å². The number of halogens is 2. The first-order chi connectivity index (χ1) is 15.1. The molecule has 31 heavy (non-hydrogen) atoms. The molecule has 0 atom stereocenters. The highest BCUT2D eigenvalue weighted by atomic mass is 35.5. The fourth-order valence-electron chi connectivity index (χ4n) is 3.82. The van der Waals surface area contributed by atoms with Gasteiger partial charge < -0.3 is 4.90 Å². The first kappa shape index (κ1) is 20.5. The molecule has 0 aliphatic carbocycles. The number of piperazine rings is 1. The molecule has 3 aromatic heterocycles. The second-order valence-electron chi connectivity index (χ2n) is 7.41. The summed E-state index contributed by atoms with van der Waals surface area (Å²) in [7, 11) is 0. The number of benzene rings is 1. The lowest BCUT2D eigenvalue weighted by molar-refractivity contribution is 0.0630. The lowest BCUT2D eigenvalue weighted by atomic mass is 10.2. The molecule has 6 nitrogen and oxygen atoms in total. The maximum absolute atomic E-state index is 13.2. The topological polar surface area (TPSA) is 53.7 Å². The van der Waals surface area contributed by atoms with Crippen LogP contribution in [0.25, 0.3) is 16.2 Å². The van der Waals surface area contributed by atoms with Gasteiger partial charge in [-0.1, -0.05) is 35.3 Å². The highest BCUT2D eigenvalue weighted by Crippen LogP contribution is 2.26. The third-order valence-corrected chi connectivity index (χ3v) is 6.95. The van der Waals surface area contributed by atoms with E-state index >= 15 is 0 Å². The molecule has 5 rings (SSSR count). The van der Waals surface area contributed by atoms with Gasteiger partial charge in [0.1, 0.15) is 5.56 Å². The number of thiophene rings is 1. The molecule has 0 N–H and O–H groups in total. The van der Waals surface area contributed by atoms with E-state index in [1.54, 1.807) is 34.3 Å². The summed E-state index contributed by atoms with van der Waals surface area (Å²) in [6.45, 7) is 3.58. The normalized spacial score (nSPS) is 15.0. The van der Waals surface area contributed by atoms with Crippen molar-refractivity contribution in [1.82, 2.24) is 24.4 Å². The first-order valence-electron chi connectivity index (χ1n) is 9.92. The molecule has 0 bridgehead atoms. The molecule has 1 fully saturated rings. The highest BCUT2D eigenvalue weighted by molar-refractivity contribution is 7.13. The molecule has 1 amide bonds. The van der Waals surface area contributed by atoms with Crippen molar-refractivity contribution < 1.29 is 4.79 Å². The Morgan fingerprint density at radius 1 is 1.10 bits per heavy atom. The van der Waals surface area contributed by atoms with Gasteiger partial charge in [-0.05, 0) is 35.2 Å². The van der Waals surface area contributed by atoms with E-state index in [4.69, 9.17) is 23.2 Å². The minimum absolute atomic E-state index is 0.0324. The van der Waals surface area contributed by atoms with Gasteiger partial charge in [0, 0.05) is 49.0 Å². The van der Waals surface area contributed by atoms with Crippen molar-refractivity contribution in [2.24, 2.45) is 0 Å². The van der Waals surface area contributed by atoms with Crippen LogP contribution in [0, 0.1) is 0 Å².